The third-order valence-electron chi connectivity index (χ3n) is 5.46. The van der Waals surface area contributed by atoms with Crippen LogP contribution in [0.1, 0.15) is 31.4 Å². The predicted octanol–water partition coefficient (Wildman–Crippen LogP) is 3.33. The number of epoxide rings is 1. The van der Waals surface area contributed by atoms with Crippen molar-refractivity contribution < 1.29 is 14.3 Å². The number of fused-ring (bicyclic) bond motifs is 2. The fourth-order valence-corrected chi connectivity index (χ4v) is 4.38. The molecule has 2 atom stereocenters. The summed E-state index contributed by atoms with van der Waals surface area (Å²) < 4.78 is 11.1. The summed E-state index contributed by atoms with van der Waals surface area (Å²) in [5, 5.41) is 14.8. The molecule has 0 bridgehead atoms. The third kappa shape index (κ3) is 3.13. The Morgan fingerprint density at radius 3 is 2.73 bits per heavy atom. The lowest BCUT2D eigenvalue weighted by Crippen LogP contribution is -2.37. The molecule has 30 heavy (non-hydrogen) atoms. The molecule has 2 aromatic rings. The number of aromatic nitrogens is 2. The van der Waals surface area contributed by atoms with Crippen LogP contribution in [-0.4, -0.2) is 34.8 Å². The summed E-state index contributed by atoms with van der Waals surface area (Å²) in [6.07, 6.45) is 2.41. The maximum Gasteiger partial charge on any atom is 0.344 e. The molecule has 1 aromatic heterocycles. The molecule has 0 spiro atoms. The number of hydrazone groups is 1. The van der Waals surface area contributed by atoms with E-state index in [1.54, 1.807) is 0 Å². The molecule has 2 amide bonds. The van der Waals surface area contributed by atoms with Crippen LogP contribution in [0.5, 0.6) is 11.6 Å². The molecule has 0 saturated carbocycles. The number of H-pyrrole nitrogens is 1. The maximum absolute atomic E-state index is 12.3. The molecular formula is C19H17Cl2N5O4. The summed E-state index contributed by atoms with van der Waals surface area (Å²) in [7, 11) is 0. The van der Waals surface area contributed by atoms with Crippen LogP contribution in [0.25, 0.3) is 0 Å². The van der Waals surface area contributed by atoms with Gasteiger partial charge in [0, 0.05) is 11.1 Å². The van der Waals surface area contributed by atoms with Gasteiger partial charge >= 0.3 is 6.03 Å². The lowest BCUT2D eigenvalue weighted by atomic mass is 9.88. The van der Waals surface area contributed by atoms with Gasteiger partial charge < -0.3 is 14.8 Å². The number of nitrogens with zero attached hydrogens (tertiary/aromatic N) is 3. The van der Waals surface area contributed by atoms with Crippen LogP contribution in [0, 0.1) is 0 Å². The second-order valence-corrected chi connectivity index (χ2v) is 8.80. The number of amides is 2. The van der Waals surface area contributed by atoms with Crippen molar-refractivity contribution in [3.63, 3.8) is 0 Å². The lowest BCUT2D eigenvalue weighted by Gasteiger charge is -2.19. The van der Waals surface area contributed by atoms with Crippen molar-refractivity contribution in [2.24, 2.45) is 5.10 Å². The molecule has 11 heteroatoms. The molecule has 156 valence electrons. The molecular weight excluding hydrogens is 433 g/mol. The summed E-state index contributed by atoms with van der Waals surface area (Å²) >= 11 is 12.8. The minimum Gasteiger partial charge on any atom is -0.434 e. The van der Waals surface area contributed by atoms with Gasteiger partial charge in [0.15, 0.2) is 12.0 Å². The number of hydrogen-bond acceptors (Lipinski definition) is 6. The molecule has 2 unspecified atom stereocenters. The second kappa shape index (κ2) is 6.69. The Morgan fingerprint density at radius 1 is 1.27 bits per heavy atom. The first-order valence-corrected chi connectivity index (χ1v) is 10.1. The normalized spacial score (nSPS) is 23.5. The van der Waals surface area contributed by atoms with Crippen LogP contribution in [-0.2, 0) is 16.6 Å². The van der Waals surface area contributed by atoms with Crippen molar-refractivity contribution in [3.05, 3.63) is 43.7 Å². The highest BCUT2D eigenvalue weighted by atomic mass is 35.5. The standard InChI is InChI=1S/C19H17Cl2N5O4/c1-19(2)4-3-9-13(19)15(27)24-25-16(9)30-14-10(20)5-8(6-11(14)21)26-18(28)23-17-12(29-17)7-22-26/h5-7,12,17H,3-4H2,1-2H3,(H,23,28)(H,24,27). The summed E-state index contributed by atoms with van der Waals surface area (Å²) in [6.45, 7) is 4.02. The largest absolute Gasteiger partial charge is 0.434 e. The number of ether oxygens (including phenoxy) is 2. The van der Waals surface area contributed by atoms with E-state index in [0.29, 0.717) is 17.7 Å². The average molecular weight is 450 g/mol. The van der Waals surface area contributed by atoms with Crippen molar-refractivity contribution in [2.45, 2.75) is 44.4 Å². The molecule has 1 aliphatic carbocycles. The first-order chi connectivity index (χ1) is 14.2. The maximum atomic E-state index is 12.3. The van der Waals surface area contributed by atoms with E-state index < -0.39 is 6.03 Å². The van der Waals surface area contributed by atoms with Crippen LogP contribution in [0.2, 0.25) is 10.0 Å². The zero-order valence-corrected chi connectivity index (χ0v) is 17.5. The highest BCUT2D eigenvalue weighted by Gasteiger charge is 2.42. The number of halogens is 2. The van der Waals surface area contributed by atoms with Gasteiger partial charge in [-0.15, -0.1) is 5.10 Å². The number of hydrogen-bond donors (Lipinski definition) is 2. The molecule has 1 fully saturated rings. The van der Waals surface area contributed by atoms with E-state index in [4.69, 9.17) is 32.7 Å². The summed E-state index contributed by atoms with van der Waals surface area (Å²) in [6, 6.07) is 2.58. The summed E-state index contributed by atoms with van der Waals surface area (Å²) in [4.78, 5) is 24.6. The second-order valence-electron chi connectivity index (χ2n) is 7.98. The minimum atomic E-state index is -0.459. The number of carbonyl (C=O) groups is 1. The third-order valence-corrected chi connectivity index (χ3v) is 6.02. The van der Waals surface area contributed by atoms with Crippen LogP contribution < -0.4 is 20.6 Å². The predicted molar refractivity (Wildman–Crippen MR) is 111 cm³/mol. The smallest absolute Gasteiger partial charge is 0.344 e. The number of aromatic amines is 1. The van der Waals surface area contributed by atoms with Crippen molar-refractivity contribution in [1.82, 2.24) is 15.5 Å². The van der Waals surface area contributed by atoms with Gasteiger partial charge in [0.05, 0.1) is 21.9 Å². The summed E-state index contributed by atoms with van der Waals surface area (Å²) in [5.41, 5.74) is 1.28. The Labute approximate surface area is 180 Å². The monoisotopic (exact) mass is 449 g/mol. The van der Waals surface area contributed by atoms with Crippen molar-refractivity contribution in [2.75, 3.05) is 5.01 Å². The van der Waals surface area contributed by atoms with Crippen molar-refractivity contribution >= 4 is 41.1 Å². The molecule has 0 radical (unpaired) electrons. The SMILES string of the molecule is CC1(C)CCc2c(Oc3c(Cl)cc(N4N=CC5OC5NC4=O)cc3Cl)n[nH]c(=O)c21. The molecule has 1 aromatic carbocycles. The van der Waals surface area contributed by atoms with Crippen LogP contribution >= 0.6 is 23.2 Å². The van der Waals surface area contributed by atoms with Gasteiger partial charge in [-0.1, -0.05) is 37.0 Å². The summed E-state index contributed by atoms with van der Waals surface area (Å²) in [5.74, 6) is 0.438. The Kier molecular flexibility index (Phi) is 4.32. The number of nitrogens with one attached hydrogen (secondary N) is 2. The Balaban J connectivity index is 1.49. The zero-order chi connectivity index (χ0) is 21.2. The number of anilines is 1. The zero-order valence-electron chi connectivity index (χ0n) is 16.0. The fourth-order valence-electron chi connectivity index (χ4n) is 3.83. The van der Waals surface area contributed by atoms with Gasteiger partial charge in [0.25, 0.3) is 5.56 Å². The molecule has 9 nitrogen and oxygen atoms in total. The van der Waals surface area contributed by atoms with Gasteiger partial charge in [0.2, 0.25) is 5.88 Å². The lowest BCUT2D eigenvalue weighted by molar-refractivity contribution is 0.240. The Hall–Kier alpha value is -2.62. The van der Waals surface area contributed by atoms with E-state index in [1.807, 2.05) is 13.8 Å². The van der Waals surface area contributed by atoms with E-state index >= 15 is 0 Å². The van der Waals surface area contributed by atoms with Crippen LogP contribution in [0.15, 0.2) is 22.0 Å². The van der Waals surface area contributed by atoms with Gasteiger partial charge in [-0.3, -0.25) is 4.79 Å². The van der Waals surface area contributed by atoms with E-state index in [9.17, 15) is 9.59 Å². The molecule has 2 aliphatic heterocycles. The molecule has 5 rings (SSSR count). The number of carbonyl (C=O) groups excluding carboxylic acids is 1. The van der Waals surface area contributed by atoms with Crippen LogP contribution in [0.3, 0.4) is 0 Å². The van der Waals surface area contributed by atoms with E-state index in [1.165, 1.54) is 18.3 Å². The quantitative estimate of drug-likeness (QED) is 0.697. The van der Waals surface area contributed by atoms with Crippen LogP contribution in [0.4, 0.5) is 10.5 Å². The molecule has 2 N–H and O–H groups in total. The van der Waals surface area contributed by atoms with E-state index in [-0.39, 0.29) is 45.0 Å². The van der Waals surface area contributed by atoms with Gasteiger partial charge in [-0.2, -0.15) is 10.1 Å². The van der Waals surface area contributed by atoms with Crippen molar-refractivity contribution in [1.29, 1.82) is 0 Å². The highest BCUT2D eigenvalue weighted by Crippen LogP contribution is 2.44. The first-order valence-electron chi connectivity index (χ1n) is 9.34. The van der Waals surface area contributed by atoms with Gasteiger partial charge in [0.1, 0.15) is 6.10 Å². The van der Waals surface area contributed by atoms with E-state index in [0.717, 1.165) is 17.0 Å². The highest BCUT2D eigenvalue weighted by molar-refractivity contribution is 6.37. The minimum absolute atomic E-state index is 0.171. The average Bonchev–Trinajstić information content (AvgIpc) is 3.34. The number of benzene rings is 1. The number of urea groups is 1. The molecule has 3 heterocycles. The fraction of sp³-hybridized carbons (Fsp3) is 0.368. The van der Waals surface area contributed by atoms with Gasteiger partial charge in [-0.05, 0) is 30.4 Å². The van der Waals surface area contributed by atoms with Gasteiger partial charge in [-0.25, -0.2) is 9.89 Å². The topological polar surface area (TPSA) is 112 Å². The number of rotatable bonds is 3. The molecule has 1 saturated heterocycles. The Bertz CT molecular complexity index is 1140. The van der Waals surface area contributed by atoms with E-state index in [2.05, 4.69) is 20.6 Å². The Morgan fingerprint density at radius 2 is 2.00 bits per heavy atom. The first kappa shape index (κ1) is 19.3. The van der Waals surface area contributed by atoms with Crippen molar-refractivity contribution in [3.8, 4) is 11.6 Å². The molecule has 3 aliphatic rings.